The van der Waals surface area contributed by atoms with Gasteiger partial charge in [-0.1, -0.05) is 6.07 Å². The first-order valence-corrected chi connectivity index (χ1v) is 11.3. The van der Waals surface area contributed by atoms with Crippen LogP contribution in [-0.4, -0.2) is 49.6 Å². The summed E-state index contributed by atoms with van der Waals surface area (Å²) in [7, 11) is 6.23. The number of aromatic amines is 1. The van der Waals surface area contributed by atoms with Crippen molar-refractivity contribution in [3.8, 4) is 28.9 Å². The first-order chi connectivity index (χ1) is 16.9. The lowest BCUT2D eigenvalue weighted by Gasteiger charge is -2.26. The Morgan fingerprint density at radius 3 is 2.31 bits per heavy atom. The van der Waals surface area contributed by atoms with Gasteiger partial charge in [-0.25, -0.2) is 4.79 Å². The maximum absolute atomic E-state index is 12.9. The van der Waals surface area contributed by atoms with E-state index in [1.807, 2.05) is 29.6 Å². The Balaban J connectivity index is 1.72. The molecule has 4 N–H and O–H groups in total. The van der Waals surface area contributed by atoms with Crippen LogP contribution >= 0.6 is 0 Å². The fraction of sp³-hybridized carbons (Fsp3) is 0.360. The molecule has 0 saturated carbocycles. The monoisotopic (exact) mass is 484 g/mol. The van der Waals surface area contributed by atoms with Crippen molar-refractivity contribution in [1.82, 2.24) is 9.55 Å². The van der Waals surface area contributed by atoms with Gasteiger partial charge >= 0.3 is 5.69 Å². The highest BCUT2D eigenvalue weighted by molar-refractivity contribution is 5.51. The second-order valence-electron chi connectivity index (χ2n) is 8.25. The largest absolute Gasteiger partial charge is 0.494 e. The van der Waals surface area contributed by atoms with E-state index in [4.69, 9.17) is 18.9 Å². The molecule has 0 spiro atoms. The number of methoxy groups -OCH3 is 4. The number of quaternary nitrogens is 1. The highest BCUT2D eigenvalue weighted by atomic mass is 16.5. The first-order valence-electron chi connectivity index (χ1n) is 11.3. The van der Waals surface area contributed by atoms with Crippen LogP contribution in [0, 0.1) is 0 Å². The Morgan fingerprint density at radius 1 is 0.971 bits per heavy atom. The second kappa shape index (κ2) is 10.1. The summed E-state index contributed by atoms with van der Waals surface area (Å²) >= 11 is 0. The molecule has 10 heteroatoms. The molecule has 0 unspecified atom stereocenters. The van der Waals surface area contributed by atoms with Crippen molar-refractivity contribution in [2.75, 3.05) is 35.0 Å². The number of nitrogens with one attached hydrogen (secondary N) is 1. The number of nitrogens with two attached hydrogens (primary N) is 1. The number of fused-ring (bicyclic) bond motifs is 1. The number of aryl methyl sites for hydroxylation is 1. The van der Waals surface area contributed by atoms with E-state index < -0.39 is 17.3 Å². The molecule has 2 heterocycles. The van der Waals surface area contributed by atoms with Crippen LogP contribution in [0.25, 0.3) is 0 Å². The summed E-state index contributed by atoms with van der Waals surface area (Å²) in [6.45, 7) is 0.867. The summed E-state index contributed by atoms with van der Waals surface area (Å²) in [6, 6.07) is 8.68. The summed E-state index contributed by atoms with van der Waals surface area (Å²) in [4.78, 5) is 27.9. The molecule has 0 saturated heterocycles. The minimum atomic E-state index is -0.667. The number of hydrogen-bond acceptors (Lipinski definition) is 7. The molecule has 0 bridgehead atoms. The van der Waals surface area contributed by atoms with E-state index in [9.17, 15) is 14.7 Å². The van der Waals surface area contributed by atoms with Crippen LogP contribution in [0.15, 0.2) is 39.9 Å². The lowest BCUT2D eigenvalue weighted by molar-refractivity contribution is -0.690. The number of hydrogen-bond donors (Lipinski definition) is 3. The first kappa shape index (κ1) is 24.2. The number of aromatic hydroxyl groups is 1. The average molecular weight is 485 g/mol. The van der Waals surface area contributed by atoms with Gasteiger partial charge in [0.1, 0.15) is 11.6 Å². The van der Waals surface area contributed by atoms with Crippen LogP contribution in [0.3, 0.4) is 0 Å². The molecule has 1 atom stereocenters. The Kier molecular flexibility index (Phi) is 7.02. The molecule has 0 fully saturated rings. The van der Waals surface area contributed by atoms with E-state index in [1.54, 1.807) is 34.5 Å². The maximum Gasteiger partial charge on any atom is 0.331 e. The molecular weight excluding hydrogens is 454 g/mol. The van der Waals surface area contributed by atoms with Gasteiger partial charge in [0.25, 0.3) is 5.56 Å². The van der Waals surface area contributed by atoms with E-state index in [1.165, 1.54) is 4.57 Å². The average Bonchev–Trinajstić information content (AvgIpc) is 2.87. The molecule has 186 valence electrons. The van der Waals surface area contributed by atoms with E-state index in [2.05, 4.69) is 4.98 Å². The van der Waals surface area contributed by atoms with Crippen molar-refractivity contribution >= 4 is 0 Å². The third-order valence-corrected chi connectivity index (χ3v) is 6.39. The lowest BCUT2D eigenvalue weighted by atomic mass is 9.90. The van der Waals surface area contributed by atoms with Crippen LogP contribution in [-0.2, 0) is 19.4 Å². The zero-order valence-corrected chi connectivity index (χ0v) is 20.2. The van der Waals surface area contributed by atoms with Crippen molar-refractivity contribution in [3.05, 3.63) is 73.4 Å². The Morgan fingerprint density at radius 2 is 1.63 bits per heavy atom. The molecule has 35 heavy (non-hydrogen) atoms. The number of H-pyrrole nitrogens is 1. The number of ether oxygens (including phenoxy) is 4. The van der Waals surface area contributed by atoms with Gasteiger partial charge in [-0.05, 0) is 41.8 Å². The van der Waals surface area contributed by atoms with Crippen LogP contribution in [0.2, 0.25) is 0 Å². The molecule has 0 amide bonds. The van der Waals surface area contributed by atoms with Gasteiger partial charge in [0, 0.05) is 18.5 Å². The van der Waals surface area contributed by atoms with Crippen LogP contribution in [0.5, 0.6) is 28.9 Å². The van der Waals surface area contributed by atoms with Gasteiger partial charge in [-0.15, -0.1) is 0 Å². The summed E-state index contributed by atoms with van der Waals surface area (Å²) in [5.41, 5.74) is 1.56. The Labute approximate surface area is 202 Å². The molecular formula is C25H30N3O7+. The number of rotatable bonds is 8. The second-order valence-corrected chi connectivity index (χ2v) is 8.25. The summed E-state index contributed by atoms with van der Waals surface area (Å²) in [6.07, 6.45) is 1.19. The Hall–Kier alpha value is -3.92. The van der Waals surface area contributed by atoms with Crippen molar-refractivity contribution in [2.24, 2.45) is 0 Å². The summed E-state index contributed by atoms with van der Waals surface area (Å²) < 4.78 is 22.7. The minimum absolute atomic E-state index is 0.130. The van der Waals surface area contributed by atoms with Crippen molar-refractivity contribution in [1.29, 1.82) is 0 Å². The van der Waals surface area contributed by atoms with Gasteiger partial charge in [0.15, 0.2) is 23.0 Å². The van der Waals surface area contributed by atoms with Crippen LogP contribution < -0.4 is 35.5 Å². The zero-order valence-electron chi connectivity index (χ0n) is 20.2. The van der Waals surface area contributed by atoms with Crippen LogP contribution in [0.1, 0.15) is 28.3 Å². The SMILES string of the molecule is COc1ccc(CCn2c(O)c([C@@H]3[NH2+]CCc4cc(OC)c(OC)cc43)c(=O)[nH]c2=O)cc1OC. The van der Waals surface area contributed by atoms with E-state index in [-0.39, 0.29) is 18.0 Å². The summed E-state index contributed by atoms with van der Waals surface area (Å²) in [5, 5.41) is 13.1. The van der Waals surface area contributed by atoms with Gasteiger partial charge < -0.3 is 29.4 Å². The standard InChI is InChI=1S/C25H29N3O7/c1-32-17-6-5-14(11-18(17)33-2)8-10-28-24(30)21(23(29)27-25(28)31)22-16-13-20(35-4)19(34-3)12-15(16)7-9-26-22/h5-6,11-13,22,26,30H,7-10H2,1-4H3,(H,27,29,31)/p+1/t22-/m1/s1. The summed E-state index contributed by atoms with van der Waals surface area (Å²) in [5.74, 6) is 1.96. The molecule has 4 rings (SSSR count). The highest BCUT2D eigenvalue weighted by Crippen LogP contribution is 2.36. The fourth-order valence-electron chi connectivity index (χ4n) is 4.59. The normalized spacial score (nSPS) is 14.8. The van der Waals surface area contributed by atoms with Gasteiger partial charge in [0.05, 0.1) is 35.0 Å². The molecule has 10 nitrogen and oxygen atoms in total. The number of aromatic nitrogens is 2. The molecule has 1 aromatic heterocycles. The molecule has 0 aliphatic carbocycles. The quantitative estimate of drug-likeness (QED) is 0.430. The highest BCUT2D eigenvalue weighted by Gasteiger charge is 2.33. The molecule has 2 aromatic carbocycles. The van der Waals surface area contributed by atoms with Gasteiger partial charge in [-0.3, -0.25) is 14.3 Å². The zero-order chi connectivity index (χ0) is 25.1. The Bertz CT molecular complexity index is 1350. The predicted octanol–water partition coefficient (Wildman–Crippen LogP) is 0.728. The van der Waals surface area contributed by atoms with E-state index in [0.29, 0.717) is 36.0 Å². The van der Waals surface area contributed by atoms with Gasteiger partial charge in [0.2, 0.25) is 5.88 Å². The number of benzene rings is 2. The van der Waals surface area contributed by atoms with E-state index in [0.717, 1.165) is 23.1 Å². The molecule has 0 radical (unpaired) electrons. The predicted molar refractivity (Wildman–Crippen MR) is 128 cm³/mol. The van der Waals surface area contributed by atoms with Crippen LogP contribution in [0.4, 0.5) is 0 Å². The van der Waals surface area contributed by atoms with Crippen molar-refractivity contribution in [2.45, 2.75) is 25.4 Å². The van der Waals surface area contributed by atoms with E-state index >= 15 is 0 Å². The number of nitrogens with zero attached hydrogens (tertiary/aromatic N) is 1. The molecule has 3 aromatic rings. The van der Waals surface area contributed by atoms with Crippen molar-refractivity contribution in [3.63, 3.8) is 0 Å². The van der Waals surface area contributed by atoms with Crippen molar-refractivity contribution < 1.29 is 29.4 Å². The molecule has 1 aliphatic heterocycles. The maximum atomic E-state index is 12.9. The van der Waals surface area contributed by atoms with Gasteiger partial charge in [-0.2, -0.15) is 0 Å². The fourth-order valence-corrected chi connectivity index (χ4v) is 4.59. The third-order valence-electron chi connectivity index (χ3n) is 6.39. The lowest BCUT2D eigenvalue weighted by Crippen LogP contribution is -2.87. The smallest absolute Gasteiger partial charge is 0.331 e. The minimum Gasteiger partial charge on any atom is -0.494 e. The topological polar surface area (TPSA) is 129 Å². The third kappa shape index (κ3) is 4.57. The molecule has 1 aliphatic rings.